The van der Waals surface area contributed by atoms with Crippen molar-refractivity contribution in [3.05, 3.63) is 42.0 Å². The van der Waals surface area contributed by atoms with Gasteiger partial charge in [-0.3, -0.25) is 9.69 Å². The molecule has 1 aliphatic rings. The fourth-order valence-corrected chi connectivity index (χ4v) is 2.33. The highest BCUT2D eigenvalue weighted by molar-refractivity contribution is 6.03. The van der Waals surface area contributed by atoms with E-state index >= 15 is 0 Å². The van der Waals surface area contributed by atoms with Crippen LogP contribution in [0, 0.1) is 6.92 Å². The number of fused-ring (bicyclic) bond motifs is 1. The highest BCUT2D eigenvalue weighted by atomic mass is 16.4. The summed E-state index contributed by atoms with van der Waals surface area (Å²) in [6, 6.07) is 5.51. The highest BCUT2D eigenvalue weighted by Gasteiger charge is 2.35. The van der Waals surface area contributed by atoms with Crippen molar-refractivity contribution in [2.75, 3.05) is 18.5 Å². The van der Waals surface area contributed by atoms with Crippen molar-refractivity contribution in [2.24, 2.45) is 0 Å². The van der Waals surface area contributed by atoms with Gasteiger partial charge in [-0.1, -0.05) is 18.2 Å². The van der Waals surface area contributed by atoms with Gasteiger partial charge in [-0.15, -0.1) is 6.58 Å². The summed E-state index contributed by atoms with van der Waals surface area (Å²) in [5.41, 5.74) is 2.14. The Morgan fingerprint density at radius 3 is 2.90 bits per heavy atom. The first-order valence-corrected chi connectivity index (χ1v) is 6.21. The van der Waals surface area contributed by atoms with Gasteiger partial charge < -0.3 is 15.3 Å². The molecule has 0 radical (unpaired) electrons. The van der Waals surface area contributed by atoms with Crippen LogP contribution in [0.4, 0.5) is 10.5 Å². The molecule has 0 fully saturated rings. The molecule has 0 saturated carbocycles. The molecule has 106 valence electrons. The van der Waals surface area contributed by atoms with Crippen LogP contribution in [-0.4, -0.2) is 41.9 Å². The van der Waals surface area contributed by atoms with E-state index in [4.69, 9.17) is 5.11 Å². The van der Waals surface area contributed by atoms with Gasteiger partial charge in [0.25, 0.3) is 5.91 Å². The third-order valence-corrected chi connectivity index (χ3v) is 3.34. The number of carboxylic acid groups (broad SMARTS) is 1. The average Bonchev–Trinajstić information content (AvgIpc) is 2.40. The zero-order valence-corrected chi connectivity index (χ0v) is 11.5. The van der Waals surface area contributed by atoms with Crippen LogP contribution in [0.1, 0.15) is 15.9 Å². The third kappa shape index (κ3) is 2.20. The molecule has 6 nitrogen and oxygen atoms in total. The lowest BCUT2D eigenvalue weighted by Crippen LogP contribution is -2.61. The van der Waals surface area contributed by atoms with Crippen molar-refractivity contribution in [2.45, 2.75) is 13.2 Å². The molecule has 0 bridgehead atoms. The predicted octanol–water partition coefficient (Wildman–Crippen LogP) is 1.62. The topological polar surface area (TPSA) is 72.9 Å². The number of anilines is 1. The summed E-state index contributed by atoms with van der Waals surface area (Å²) in [7, 11) is 1.42. The Bertz CT molecular complexity index is 571. The summed E-state index contributed by atoms with van der Waals surface area (Å²) in [6.07, 6.45) is -0.181. The maximum absolute atomic E-state index is 12.2. The van der Waals surface area contributed by atoms with Gasteiger partial charge in [0, 0.05) is 13.6 Å². The van der Waals surface area contributed by atoms with Crippen LogP contribution in [-0.2, 0) is 0 Å². The molecule has 20 heavy (non-hydrogen) atoms. The van der Waals surface area contributed by atoms with Crippen molar-refractivity contribution >= 4 is 17.7 Å². The van der Waals surface area contributed by atoms with Crippen LogP contribution < -0.4 is 10.2 Å². The summed E-state index contributed by atoms with van der Waals surface area (Å²) in [5.74, 6) is -0.267. The van der Waals surface area contributed by atoms with Crippen LogP contribution in [0.15, 0.2) is 30.9 Å². The number of rotatable bonds is 3. The van der Waals surface area contributed by atoms with Gasteiger partial charge in [-0.2, -0.15) is 0 Å². The van der Waals surface area contributed by atoms with Crippen LogP contribution in [0.2, 0.25) is 0 Å². The molecule has 2 amide bonds. The lowest BCUT2D eigenvalue weighted by atomic mass is 10.0. The molecule has 0 aliphatic carbocycles. The Labute approximate surface area is 117 Å². The van der Waals surface area contributed by atoms with Gasteiger partial charge in [-0.25, -0.2) is 4.79 Å². The molecule has 1 aliphatic heterocycles. The molecular weight excluding hydrogens is 258 g/mol. The number of hydrogen-bond donors (Lipinski definition) is 2. The minimum atomic E-state index is -1.11. The summed E-state index contributed by atoms with van der Waals surface area (Å²) < 4.78 is 0. The number of nitrogens with one attached hydrogen (secondary N) is 1. The molecule has 1 heterocycles. The second kappa shape index (κ2) is 5.24. The first-order valence-electron chi connectivity index (χ1n) is 6.21. The van der Waals surface area contributed by atoms with Gasteiger partial charge in [0.2, 0.25) is 0 Å². The predicted molar refractivity (Wildman–Crippen MR) is 75.8 cm³/mol. The first-order chi connectivity index (χ1) is 9.47. The van der Waals surface area contributed by atoms with Crippen LogP contribution >= 0.6 is 0 Å². The van der Waals surface area contributed by atoms with E-state index in [0.717, 1.165) is 10.5 Å². The second-order valence-electron chi connectivity index (χ2n) is 4.65. The van der Waals surface area contributed by atoms with Gasteiger partial charge in [-0.05, 0) is 18.6 Å². The molecular formula is C14H17N3O3. The third-order valence-electron chi connectivity index (χ3n) is 3.34. The molecule has 6 heteroatoms. The van der Waals surface area contributed by atoms with E-state index in [1.54, 1.807) is 11.0 Å². The number of hydrogen-bond acceptors (Lipinski definition) is 3. The molecule has 1 aromatic carbocycles. The zero-order valence-electron chi connectivity index (χ0n) is 11.5. The SMILES string of the molecule is C=CCN1c2cccc(C)c2C(=O)NC1N(C)C(=O)O. The van der Waals surface area contributed by atoms with Gasteiger partial charge in [0.05, 0.1) is 11.3 Å². The zero-order chi connectivity index (χ0) is 14.9. The normalized spacial score (nSPS) is 17.2. The maximum atomic E-state index is 12.2. The van der Waals surface area contributed by atoms with Crippen molar-refractivity contribution in [1.29, 1.82) is 0 Å². The smallest absolute Gasteiger partial charge is 0.410 e. The lowest BCUT2D eigenvalue weighted by molar-refractivity contribution is 0.0839. The van der Waals surface area contributed by atoms with Crippen molar-refractivity contribution < 1.29 is 14.7 Å². The molecule has 2 N–H and O–H groups in total. The standard InChI is InChI=1S/C14H17N3O3/c1-4-8-17-10-7-5-6-9(2)11(10)12(18)15-13(17)16(3)14(19)20/h4-7,13H,1,8H2,2-3H3,(H,15,18)(H,19,20). The molecule has 1 atom stereocenters. The minimum Gasteiger partial charge on any atom is -0.465 e. The summed E-state index contributed by atoms with van der Waals surface area (Å²) >= 11 is 0. The van der Waals surface area contributed by atoms with Crippen LogP contribution in [0.3, 0.4) is 0 Å². The van der Waals surface area contributed by atoms with Crippen LogP contribution in [0.25, 0.3) is 0 Å². The van der Waals surface area contributed by atoms with E-state index < -0.39 is 12.4 Å². The number of nitrogens with zero attached hydrogens (tertiary/aromatic N) is 2. The summed E-state index contributed by atoms with van der Waals surface area (Å²) in [4.78, 5) is 26.2. The first kappa shape index (κ1) is 13.9. The van der Waals surface area contributed by atoms with Gasteiger partial charge in [0.15, 0.2) is 6.29 Å². The van der Waals surface area contributed by atoms with E-state index in [-0.39, 0.29) is 5.91 Å². The van der Waals surface area contributed by atoms with E-state index in [9.17, 15) is 9.59 Å². The minimum absolute atomic E-state index is 0.267. The quantitative estimate of drug-likeness (QED) is 0.822. The van der Waals surface area contributed by atoms with Gasteiger partial charge >= 0.3 is 6.09 Å². The highest BCUT2D eigenvalue weighted by Crippen LogP contribution is 2.29. The van der Waals surface area contributed by atoms with Crippen LogP contribution in [0.5, 0.6) is 0 Å². The number of amides is 2. The molecule has 0 aromatic heterocycles. The molecule has 0 saturated heterocycles. The van der Waals surface area contributed by atoms with Crippen molar-refractivity contribution in [3.63, 3.8) is 0 Å². The van der Waals surface area contributed by atoms with Crippen molar-refractivity contribution in [3.8, 4) is 0 Å². The van der Waals surface area contributed by atoms with E-state index in [1.165, 1.54) is 7.05 Å². The summed E-state index contributed by atoms with van der Waals surface area (Å²) in [6.45, 7) is 5.97. The fourth-order valence-electron chi connectivity index (χ4n) is 2.33. The fraction of sp³-hybridized carbons (Fsp3) is 0.286. The Balaban J connectivity index is 2.52. The van der Waals surface area contributed by atoms with Crippen molar-refractivity contribution in [1.82, 2.24) is 10.2 Å². The second-order valence-corrected chi connectivity index (χ2v) is 4.65. The molecule has 1 aromatic rings. The average molecular weight is 275 g/mol. The number of benzene rings is 1. The number of carbonyl (C=O) groups is 2. The Morgan fingerprint density at radius 2 is 2.30 bits per heavy atom. The largest absolute Gasteiger partial charge is 0.465 e. The lowest BCUT2D eigenvalue weighted by Gasteiger charge is -2.42. The molecule has 2 rings (SSSR count). The molecule has 1 unspecified atom stereocenters. The van der Waals surface area contributed by atoms with Gasteiger partial charge in [0.1, 0.15) is 0 Å². The number of carbonyl (C=O) groups excluding carboxylic acids is 1. The van der Waals surface area contributed by atoms with E-state index in [0.29, 0.717) is 17.8 Å². The van der Waals surface area contributed by atoms with E-state index in [1.807, 2.05) is 25.1 Å². The Morgan fingerprint density at radius 1 is 1.60 bits per heavy atom. The number of aryl methyl sites for hydroxylation is 1. The Hall–Kier alpha value is -2.50. The maximum Gasteiger partial charge on any atom is 0.410 e. The Kier molecular flexibility index (Phi) is 3.65. The molecule has 0 spiro atoms. The summed E-state index contributed by atoms with van der Waals surface area (Å²) in [5, 5.41) is 11.8. The van der Waals surface area contributed by atoms with E-state index in [2.05, 4.69) is 11.9 Å². The monoisotopic (exact) mass is 275 g/mol.